The summed E-state index contributed by atoms with van der Waals surface area (Å²) < 4.78 is 0. The van der Waals surface area contributed by atoms with Crippen molar-refractivity contribution in [1.29, 1.82) is 0 Å². The summed E-state index contributed by atoms with van der Waals surface area (Å²) in [5.74, 6) is 0.568. The van der Waals surface area contributed by atoms with E-state index in [2.05, 4.69) is 185 Å². The van der Waals surface area contributed by atoms with Gasteiger partial charge in [0.15, 0.2) is 0 Å². The molecule has 0 saturated carbocycles. The van der Waals surface area contributed by atoms with E-state index in [1.165, 1.54) is 71.6 Å². The van der Waals surface area contributed by atoms with Crippen LogP contribution in [0.5, 0.6) is 0 Å². The number of fused-ring (bicyclic) bond motifs is 2. The van der Waals surface area contributed by atoms with E-state index in [4.69, 9.17) is 17.0 Å². The fraction of sp³-hybridized carbons (Fsp3) is 0.348. The number of halogens is 2. The summed E-state index contributed by atoms with van der Waals surface area (Å²) in [6.45, 7) is 26.9. The van der Waals surface area contributed by atoms with Crippen LogP contribution in [0.2, 0.25) is 13.1 Å². The van der Waals surface area contributed by atoms with Gasteiger partial charge < -0.3 is 0 Å². The summed E-state index contributed by atoms with van der Waals surface area (Å²) in [5.41, 5.74) is 12.8. The van der Waals surface area contributed by atoms with E-state index in [1.807, 2.05) is 0 Å². The molecule has 0 aliphatic heterocycles. The summed E-state index contributed by atoms with van der Waals surface area (Å²) in [6, 6.07) is 38.4. The van der Waals surface area contributed by atoms with Gasteiger partial charge in [0.05, 0.1) is 0 Å². The molecular weight excluding hydrogens is 743 g/mol. The molecule has 0 aliphatic carbocycles. The minimum absolute atomic E-state index is 0.200. The molecule has 262 valence electrons. The molecule has 4 heteroatoms. The molecule has 0 fully saturated rings. The normalized spacial score (nSPS) is 11.3. The van der Waals surface area contributed by atoms with Crippen molar-refractivity contribution in [2.75, 3.05) is 0 Å². The molecule has 0 saturated heterocycles. The van der Waals surface area contributed by atoms with Crippen LogP contribution in [0.3, 0.4) is 0 Å². The van der Waals surface area contributed by atoms with Gasteiger partial charge in [-0.15, -0.1) is 69.1 Å². The van der Waals surface area contributed by atoms with Gasteiger partial charge in [0.1, 0.15) is 0 Å². The Morgan fingerprint density at radius 2 is 1.12 bits per heavy atom. The van der Waals surface area contributed by atoms with Crippen molar-refractivity contribution in [2.45, 2.75) is 106 Å². The Morgan fingerprint density at radius 1 is 0.680 bits per heavy atom. The zero-order valence-electron chi connectivity index (χ0n) is 32.4. The van der Waals surface area contributed by atoms with Crippen LogP contribution in [0.25, 0.3) is 43.8 Å². The van der Waals surface area contributed by atoms with E-state index in [9.17, 15) is 0 Å². The van der Waals surface area contributed by atoms with Crippen molar-refractivity contribution in [2.24, 2.45) is 0 Å². The van der Waals surface area contributed by atoms with Crippen molar-refractivity contribution in [3.63, 3.8) is 0 Å². The van der Waals surface area contributed by atoms with Crippen molar-refractivity contribution in [1.82, 2.24) is 0 Å². The van der Waals surface area contributed by atoms with Crippen molar-refractivity contribution in [3.8, 4) is 22.3 Å². The Labute approximate surface area is 325 Å². The van der Waals surface area contributed by atoms with E-state index >= 15 is 0 Å². The van der Waals surface area contributed by atoms with Crippen LogP contribution in [-0.2, 0) is 38.1 Å². The average molecular weight is 799 g/mol. The molecular formula is C46H56Cl2SiZr. The first-order chi connectivity index (χ1) is 23.6. The second-order valence-electron chi connectivity index (χ2n) is 15.4. The first kappa shape index (κ1) is 42.2. The first-order valence-corrected chi connectivity index (χ1v) is 26.1. The van der Waals surface area contributed by atoms with Gasteiger partial charge in [-0.05, 0) is 45.4 Å². The van der Waals surface area contributed by atoms with Gasteiger partial charge in [-0.25, -0.2) is 0 Å². The second-order valence-corrected chi connectivity index (χ2v) is 20.1. The molecule has 6 rings (SSSR count). The molecule has 0 amide bonds. The minimum atomic E-state index is -0.826. The Balaban J connectivity index is 0.000000235. The molecule has 0 aliphatic rings. The van der Waals surface area contributed by atoms with Gasteiger partial charge in [0.2, 0.25) is 0 Å². The molecule has 0 aromatic heterocycles. The Bertz CT molecular complexity index is 1910. The molecule has 0 heterocycles. The van der Waals surface area contributed by atoms with Crippen LogP contribution in [-0.4, -0.2) is 9.52 Å². The summed E-state index contributed by atoms with van der Waals surface area (Å²) in [4.78, 5) is 0. The van der Waals surface area contributed by atoms with E-state index in [-0.39, 0.29) is 10.8 Å². The fourth-order valence-corrected chi connectivity index (χ4v) is 6.42. The molecule has 0 bridgehead atoms. The average Bonchev–Trinajstić information content (AvgIpc) is 3.66. The van der Waals surface area contributed by atoms with Gasteiger partial charge in [-0.3, -0.25) is 0 Å². The van der Waals surface area contributed by atoms with Crippen molar-refractivity contribution < 1.29 is 20.8 Å². The fourth-order valence-electron chi connectivity index (χ4n) is 6.42. The molecule has 0 nitrogen and oxygen atoms in total. The maximum atomic E-state index is 4.93. The first-order valence-electron chi connectivity index (χ1n) is 17.7. The number of hydrogen-bond acceptors (Lipinski definition) is 0. The molecule has 0 unspecified atom stereocenters. The van der Waals surface area contributed by atoms with Crippen LogP contribution < -0.4 is 0 Å². The Hall–Kier alpha value is -2.22. The second kappa shape index (κ2) is 19.0. The predicted octanol–water partition coefficient (Wildman–Crippen LogP) is 15.2. The van der Waals surface area contributed by atoms with Crippen LogP contribution in [0.1, 0.15) is 96.0 Å². The van der Waals surface area contributed by atoms with Gasteiger partial charge in [-0.2, -0.15) is 11.6 Å². The zero-order chi connectivity index (χ0) is 37.2. The zero-order valence-corrected chi connectivity index (χ0v) is 37.3. The molecule has 0 N–H and O–H groups in total. The maximum absolute atomic E-state index is 4.93. The molecule has 0 atom stereocenters. The molecule has 6 aromatic carbocycles. The van der Waals surface area contributed by atoms with Gasteiger partial charge in [0.25, 0.3) is 0 Å². The predicted molar refractivity (Wildman–Crippen MR) is 225 cm³/mol. The van der Waals surface area contributed by atoms with Crippen LogP contribution in [0.4, 0.5) is 0 Å². The number of hydrogen-bond donors (Lipinski definition) is 0. The van der Waals surface area contributed by atoms with E-state index in [0.717, 1.165) is 15.9 Å². The quantitative estimate of drug-likeness (QED) is 0.123. The van der Waals surface area contributed by atoms with Crippen molar-refractivity contribution >= 4 is 48.1 Å². The van der Waals surface area contributed by atoms with Crippen LogP contribution >= 0.6 is 17.0 Å². The third-order valence-electron chi connectivity index (χ3n) is 9.18. The molecule has 0 spiro atoms. The van der Waals surface area contributed by atoms with Crippen LogP contribution in [0, 0.1) is 6.92 Å². The number of rotatable bonds is 4. The molecule has 50 heavy (non-hydrogen) atoms. The summed E-state index contributed by atoms with van der Waals surface area (Å²) in [6.07, 6.45) is 1.09. The SMILES string of the molecule is CCc1cc2c(-c3ccc(C(C)(C)C)cc3)cccc2[cH-]1.C[Si]C.Cc1c(C(C)C)[cH-]c2cccc(-c3ccc(C(C)(C)C)cc3)c12.[Cl][Zr+2][Cl]. The van der Waals surface area contributed by atoms with Gasteiger partial charge >= 0.3 is 37.9 Å². The van der Waals surface area contributed by atoms with Crippen molar-refractivity contribution in [3.05, 3.63) is 131 Å². The molecule has 6 aromatic rings. The van der Waals surface area contributed by atoms with Gasteiger partial charge in [-0.1, -0.05) is 154 Å². The topological polar surface area (TPSA) is 0 Å². The van der Waals surface area contributed by atoms with E-state index in [1.54, 1.807) is 0 Å². The van der Waals surface area contributed by atoms with Gasteiger partial charge in [0, 0.05) is 9.52 Å². The van der Waals surface area contributed by atoms with Crippen LogP contribution in [0.15, 0.2) is 103 Å². The van der Waals surface area contributed by atoms with E-state index < -0.39 is 20.8 Å². The summed E-state index contributed by atoms with van der Waals surface area (Å²) >= 11 is -0.826. The third-order valence-corrected chi connectivity index (χ3v) is 9.18. The number of aryl methyl sites for hydroxylation is 2. The third kappa shape index (κ3) is 10.9. The summed E-state index contributed by atoms with van der Waals surface area (Å²) in [5, 5.41) is 5.51. The Kier molecular flexibility index (Phi) is 16.1. The Morgan fingerprint density at radius 3 is 1.56 bits per heavy atom. The monoisotopic (exact) mass is 796 g/mol. The molecule has 2 radical (unpaired) electrons. The standard InChI is InChI=1S/C23H27.C21H23.C2H6Si.2ClH.Zr/c1-15(2)21-14-18-8-7-9-20(22(18)16(21)3)17-10-12-19(13-11-17)23(4,5)6;1-5-15-13-17-7-6-8-19(20(17)14-15)16-9-11-18(12-10-16)21(2,3)4;1-3-2;;;/h7-15H,1-6H3;6-14H,5H2,1-4H3;1-2H3;2*1H;/q2*-1;;;;+4/p-2. The number of benzene rings is 4. The summed E-state index contributed by atoms with van der Waals surface area (Å²) in [7, 11) is 11.0. The van der Waals surface area contributed by atoms with E-state index in [0.29, 0.717) is 5.92 Å².